The minimum atomic E-state index is -0.204. The van der Waals surface area contributed by atoms with Gasteiger partial charge in [-0.05, 0) is 13.3 Å². The summed E-state index contributed by atoms with van der Waals surface area (Å²) in [5.74, 6) is 0.170. The molecule has 0 spiro atoms. The molecule has 2 atom stereocenters. The standard InChI is InChI=1S/C14H22N4O2S.2ClH/c1-11-12(15-3-9-20-11)13(19)17-5-2-6-18(8-7-17)14-16-4-10-21-14;;/h4,10-12,15H,2-3,5-9H2,1H3;2*1H/t11-,12+;;/m1../s1. The van der Waals surface area contributed by atoms with Crippen molar-refractivity contribution in [2.24, 2.45) is 0 Å². The third-order valence-corrected chi connectivity index (χ3v) is 4.91. The highest BCUT2D eigenvalue weighted by Crippen LogP contribution is 2.19. The van der Waals surface area contributed by atoms with Gasteiger partial charge in [-0.3, -0.25) is 4.79 Å². The molecule has 0 aliphatic carbocycles. The Balaban J connectivity index is 0.00000132. The Hall–Kier alpha value is -0.600. The third-order valence-electron chi connectivity index (χ3n) is 4.08. The summed E-state index contributed by atoms with van der Waals surface area (Å²) in [7, 11) is 0. The second kappa shape index (κ2) is 9.64. The fourth-order valence-electron chi connectivity index (χ4n) is 2.91. The number of aromatic nitrogens is 1. The van der Waals surface area contributed by atoms with Crippen LogP contribution in [-0.4, -0.2) is 67.3 Å². The van der Waals surface area contributed by atoms with E-state index in [0.717, 1.165) is 44.3 Å². The summed E-state index contributed by atoms with van der Waals surface area (Å²) in [4.78, 5) is 21.3. The van der Waals surface area contributed by atoms with Crippen molar-refractivity contribution in [3.8, 4) is 0 Å². The Morgan fingerprint density at radius 3 is 2.87 bits per heavy atom. The van der Waals surface area contributed by atoms with Crippen molar-refractivity contribution in [3.63, 3.8) is 0 Å². The first-order chi connectivity index (χ1) is 10.3. The van der Waals surface area contributed by atoms with Gasteiger partial charge >= 0.3 is 0 Å². The zero-order valence-electron chi connectivity index (χ0n) is 13.1. The Morgan fingerprint density at radius 2 is 2.17 bits per heavy atom. The Labute approximate surface area is 153 Å². The minimum absolute atomic E-state index is 0. The molecule has 0 aromatic carbocycles. The number of thiazole rings is 1. The summed E-state index contributed by atoms with van der Waals surface area (Å²) < 4.78 is 5.58. The molecule has 0 saturated carbocycles. The second-order valence-electron chi connectivity index (χ2n) is 5.49. The predicted octanol–water partition coefficient (Wildman–Crippen LogP) is 1.40. The SMILES string of the molecule is C[C@H]1OCCN[C@@H]1C(=O)N1CCCN(c2nccs2)CC1.Cl.Cl. The van der Waals surface area contributed by atoms with Crippen LogP contribution >= 0.6 is 36.2 Å². The highest BCUT2D eigenvalue weighted by atomic mass is 35.5. The van der Waals surface area contributed by atoms with Gasteiger partial charge in [-0.15, -0.1) is 36.2 Å². The van der Waals surface area contributed by atoms with E-state index in [1.165, 1.54) is 0 Å². The molecule has 3 rings (SSSR count). The smallest absolute Gasteiger partial charge is 0.242 e. The van der Waals surface area contributed by atoms with Gasteiger partial charge in [-0.25, -0.2) is 4.98 Å². The lowest BCUT2D eigenvalue weighted by Gasteiger charge is -2.33. The molecule has 2 saturated heterocycles. The van der Waals surface area contributed by atoms with E-state index in [-0.39, 0.29) is 42.9 Å². The molecular weight excluding hydrogens is 359 g/mol. The number of hydrogen-bond acceptors (Lipinski definition) is 6. The van der Waals surface area contributed by atoms with Crippen molar-refractivity contribution in [2.45, 2.75) is 25.5 Å². The lowest BCUT2D eigenvalue weighted by atomic mass is 10.1. The van der Waals surface area contributed by atoms with Crippen LogP contribution in [0.4, 0.5) is 5.13 Å². The van der Waals surface area contributed by atoms with Crippen molar-refractivity contribution >= 4 is 47.2 Å². The lowest BCUT2D eigenvalue weighted by molar-refractivity contribution is -0.139. The van der Waals surface area contributed by atoms with E-state index in [1.807, 2.05) is 23.4 Å². The maximum absolute atomic E-state index is 12.7. The monoisotopic (exact) mass is 382 g/mol. The zero-order valence-corrected chi connectivity index (χ0v) is 15.6. The van der Waals surface area contributed by atoms with Crippen molar-refractivity contribution < 1.29 is 9.53 Å². The number of anilines is 1. The highest BCUT2D eigenvalue weighted by Gasteiger charge is 2.32. The van der Waals surface area contributed by atoms with E-state index < -0.39 is 0 Å². The van der Waals surface area contributed by atoms with Crippen LogP contribution in [0.1, 0.15) is 13.3 Å². The number of ether oxygens (including phenoxy) is 1. The molecular formula is C14H24Cl2N4O2S. The number of morpholine rings is 1. The first-order valence-corrected chi connectivity index (χ1v) is 8.42. The number of nitrogens with one attached hydrogen (secondary N) is 1. The molecule has 9 heteroatoms. The van der Waals surface area contributed by atoms with Gasteiger partial charge in [-0.1, -0.05) is 0 Å². The van der Waals surface area contributed by atoms with Crippen LogP contribution in [0.2, 0.25) is 0 Å². The van der Waals surface area contributed by atoms with E-state index in [4.69, 9.17) is 4.74 Å². The normalized spacial score (nSPS) is 25.1. The number of hydrogen-bond donors (Lipinski definition) is 1. The van der Waals surface area contributed by atoms with Crippen molar-refractivity contribution in [1.29, 1.82) is 0 Å². The fourth-order valence-corrected chi connectivity index (χ4v) is 3.60. The van der Waals surface area contributed by atoms with Crippen molar-refractivity contribution in [1.82, 2.24) is 15.2 Å². The van der Waals surface area contributed by atoms with Gasteiger partial charge in [0.05, 0.1) is 12.7 Å². The topological polar surface area (TPSA) is 57.7 Å². The molecule has 1 aromatic rings. The maximum atomic E-state index is 12.7. The van der Waals surface area contributed by atoms with Gasteiger partial charge in [0.25, 0.3) is 0 Å². The Bertz CT molecular complexity index is 477. The molecule has 3 heterocycles. The number of amides is 1. The summed E-state index contributed by atoms with van der Waals surface area (Å²) in [6.45, 7) is 6.77. The molecule has 2 aliphatic rings. The Morgan fingerprint density at radius 1 is 1.35 bits per heavy atom. The largest absolute Gasteiger partial charge is 0.375 e. The minimum Gasteiger partial charge on any atom is -0.375 e. The van der Waals surface area contributed by atoms with Gasteiger partial charge in [0.2, 0.25) is 5.91 Å². The average Bonchev–Trinajstić information content (AvgIpc) is 2.92. The third kappa shape index (κ3) is 4.93. The van der Waals surface area contributed by atoms with Crippen LogP contribution in [0.3, 0.4) is 0 Å². The van der Waals surface area contributed by atoms with E-state index in [9.17, 15) is 4.79 Å². The molecule has 1 N–H and O–H groups in total. The fraction of sp³-hybridized carbons (Fsp3) is 0.714. The van der Waals surface area contributed by atoms with Crippen molar-refractivity contribution in [2.75, 3.05) is 44.2 Å². The quantitative estimate of drug-likeness (QED) is 0.837. The van der Waals surface area contributed by atoms with E-state index in [0.29, 0.717) is 6.61 Å². The van der Waals surface area contributed by atoms with Gasteiger partial charge in [0, 0.05) is 44.3 Å². The predicted molar refractivity (Wildman–Crippen MR) is 97.2 cm³/mol. The van der Waals surface area contributed by atoms with Gasteiger partial charge < -0.3 is 19.9 Å². The van der Waals surface area contributed by atoms with Gasteiger partial charge in [-0.2, -0.15) is 0 Å². The van der Waals surface area contributed by atoms with Gasteiger partial charge in [0.15, 0.2) is 5.13 Å². The van der Waals surface area contributed by atoms with Crippen LogP contribution in [0.15, 0.2) is 11.6 Å². The molecule has 0 unspecified atom stereocenters. The van der Waals surface area contributed by atoms with Crippen molar-refractivity contribution in [3.05, 3.63) is 11.6 Å². The first-order valence-electron chi connectivity index (χ1n) is 7.54. The lowest BCUT2D eigenvalue weighted by Crippen LogP contribution is -2.56. The number of carbonyl (C=O) groups is 1. The summed E-state index contributed by atoms with van der Waals surface area (Å²) in [6.07, 6.45) is 2.76. The molecule has 2 fully saturated rings. The van der Waals surface area contributed by atoms with Gasteiger partial charge in [0.1, 0.15) is 6.04 Å². The molecule has 6 nitrogen and oxygen atoms in total. The van der Waals surface area contributed by atoms with Crippen LogP contribution < -0.4 is 10.2 Å². The van der Waals surface area contributed by atoms with Crippen LogP contribution in [-0.2, 0) is 9.53 Å². The average molecular weight is 383 g/mol. The molecule has 132 valence electrons. The molecule has 1 aromatic heterocycles. The zero-order chi connectivity index (χ0) is 14.7. The van der Waals surface area contributed by atoms with Crippen LogP contribution in [0.25, 0.3) is 0 Å². The summed E-state index contributed by atoms with van der Waals surface area (Å²) in [5, 5.41) is 6.33. The second-order valence-corrected chi connectivity index (χ2v) is 6.36. The highest BCUT2D eigenvalue weighted by molar-refractivity contribution is 7.13. The molecule has 1 amide bonds. The number of halogens is 2. The number of nitrogens with zero attached hydrogens (tertiary/aromatic N) is 3. The van der Waals surface area contributed by atoms with Crippen LogP contribution in [0, 0.1) is 0 Å². The number of carbonyl (C=O) groups excluding carboxylic acids is 1. The summed E-state index contributed by atoms with van der Waals surface area (Å²) in [6, 6.07) is -0.204. The number of rotatable bonds is 2. The van der Waals surface area contributed by atoms with E-state index >= 15 is 0 Å². The summed E-state index contributed by atoms with van der Waals surface area (Å²) >= 11 is 1.66. The van der Waals surface area contributed by atoms with E-state index in [1.54, 1.807) is 11.3 Å². The van der Waals surface area contributed by atoms with E-state index in [2.05, 4.69) is 15.2 Å². The molecule has 23 heavy (non-hydrogen) atoms. The maximum Gasteiger partial charge on any atom is 0.242 e. The molecule has 2 aliphatic heterocycles. The molecule has 0 bridgehead atoms. The van der Waals surface area contributed by atoms with Crippen LogP contribution in [0.5, 0.6) is 0 Å². The Kier molecular flexibility index (Phi) is 8.57. The molecule has 0 radical (unpaired) electrons. The first kappa shape index (κ1) is 20.4. The summed E-state index contributed by atoms with van der Waals surface area (Å²) in [5.41, 5.74) is 0.